The molecule has 0 aromatic rings. The van der Waals surface area contributed by atoms with Crippen LogP contribution in [0.2, 0.25) is 0 Å². The molecule has 0 aliphatic heterocycles. The zero-order valence-corrected chi connectivity index (χ0v) is 9.10. The molecule has 0 unspecified atom stereocenters. The first-order chi connectivity index (χ1) is 6.91. The molecule has 1 rings (SSSR count). The van der Waals surface area contributed by atoms with E-state index in [2.05, 4.69) is 0 Å². The molecule has 1 saturated carbocycles. The van der Waals surface area contributed by atoms with Crippen LogP contribution in [-0.2, 0) is 0 Å². The lowest BCUT2D eigenvalue weighted by Gasteiger charge is -2.45. The third kappa shape index (κ3) is 2.15. The molecule has 0 N–H and O–H groups in total. The molecule has 0 radical (unpaired) electrons. The van der Waals surface area contributed by atoms with Crippen molar-refractivity contribution in [1.82, 2.24) is 0 Å². The van der Waals surface area contributed by atoms with Gasteiger partial charge >= 0.3 is 12.4 Å². The van der Waals surface area contributed by atoms with E-state index in [4.69, 9.17) is 0 Å². The van der Waals surface area contributed by atoms with E-state index in [1.807, 2.05) is 0 Å². The minimum absolute atomic E-state index is 0.0496. The Morgan fingerprint density at radius 2 is 1.00 bits per heavy atom. The largest absolute Gasteiger partial charge is 0.403 e. The molecule has 0 atom stereocenters. The lowest BCUT2D eigenvalue weighted by molar-refractivity contribution is -0.353. The van der Waals surface area contributed by atoms with Crippen molar-refractivity contribution in [3.05, 3.63) is 0 Å². The number of halogens is 6. The number of rotatable bonds is 0. The Bertz CT molecular complexity index is 233. The number of hydrogen-bond donors (Lipinski definition) is 0. The zero-order chi connectivity index (χ0) is 12.8. The van der Waals surface area contributed by atoms with Gasteiger partial charge in [-0.25, -0.2) is 0 Å². The van der Waals surface area contributed by atoms with Crippen LogP contribution in [0, 0.1) is 10.8 Å². The van der Waals surface area contributed by atoms with E-state index in [0.29, 0.717) is 0 Å². The molecule has 0 heterocycles. The highest BCUT2D eigenvalue weighted by Crippen LogP contribution is 2.60. The molecule has 0 nitrogen and oxygen atoms in total. The van der Waals surface area contributed by atoms with E-state index in [9.17, 15) is 26.3 Å². The van der Waals surface area contributed by atoms with Gasteiger partial charge in [0.15, 0.2) is 5.41 Å². The molecule has 6 heteroatoms. The summed E-state index contributed by atoms with van der Waals surface area (Å²) >= 11 is 0. The predicted molar refractivity (Wildman–Crippen MR) is 46.8 cm³/mol. The van der Waals surface area contributed by atoms with Gasteiger partial charge in [-0.05, 0) is 31.1 Å². The summed E-state index contributed by atoms with van der Waals surface area (Å²) in [7, 11) is 0. The summed E-state index contributed by atoms with van der Waals surface area (Å²) in [5.41, 5.74) is -3.92. The topological polar surface area (TPSA) is 0 Å². The third-order valence-electron chi connectivity index (χ3n) is 3.54. The van der Waals surface area contributed by atoms with Gasteiger partial charge in [0.05, 0.1) is 0 Å². The van der Waals surface area contributed by atoms with Gasteiger partial charge in [0.1, 0.15) is 0 Å². The van der Waals surface area contributed by atoms with Crippen LogP contribution in [0.15, 0.2) is 0 Å². The lowest BCUT2D eigenvalue weighted by Crippen LogP contribution is -2.52. The predicted octanol–water partition coefficient (Wildman–Crippen LogP) is 4.70. The summed E-state index contributed by atoms with van der Waals surface area (Å²) in [6, 6.07) is 0. The standard InChI is InChI=1S/C10H14F6/c1-7(2)3-5-8(6-4-7,9(11,12)13)10(14,15)16/h3-6H2,1-2H3. The molecule has 0 saturated heterocycles. The summed E-state index contributed by atoms with van der Waals surface area (Å²) in [6.45, 7) is 3.40. The first kappa shape index (κ1) is 13.6. The normalized spacial score (nSPS) is 25.5. The quantitative estimate of drug-likeness (QED) is 0.545. The fraction of sp³-hybridized carbons (Fsp3) is 1.00. The van der Waals surface area contributed by atoms with Gasteiger partial charge in [-0.2, -0.15) is 26.3 Å². The highest BCUT2D eigenvalue weighted by molar-refractivity contribution is 4.98. The van der Waals surface area contributed by atoms with E-state index in [1.165, 1.54) is 0 Å². The van der Waals surface area contributed by atoms with Gasteiger partial charge in [-0.1, -0.05) is 13.8 Å². The van der Waals surface area contributed by atoms with E-state index in [-0.39, 0.29) is 12.8 Å². The van der Waals surface area contributed by atoms with Crippen LogP contribution in [0.3, 0.4) is 0 Å². The summed E-state index contributed by atoms with van der Waals surface area (Å²) in [5.74, 6) is 0. The molecule has 1 aliphatic rings. The molecule has 96 valence electrons. The Balaban J connectivity index is 3.03. The Hall–Kier alpha value is -0.420. The van der Waals surface area contributed by atoms with Gasteiger partial charge in [0.2, 0.25) is 0 Å². The minimum atomic E-state index is -5.21. The summed E-state index contributed by atoms with van der Waals surface area (Å²) in [6.07, 6.45) is -12.2. The molecule has 1 fully saturated rings. The molecule has 0 spiro atoms. The number of hydrogen-bond acceptors (Lipinski definition) is 0. The summed E-state index contributed by atoms with van der Waals surface area (Å²) in [5, 5.41) is 0. The van der Waals surface area contributed by atoms with E-state index >= 15 is 0 Å². The van der Waals surface area contributed by atoms with Crippen molar-refractivity contribution in [3.63, 3.8) is 0 Å². The highest BCUT2D eigenvalue weighted by atomic mass is 19.4. The van der Waals surface area contributed by atoms with Crippen LogP contribution < -0.4 is 0 Å². The molecular weight excluding hydrogens is 234 g/mol. The van der Waals surface area contributed by atoms with Crippen molar-refractivity contribution in [2.75, 3.05) is 0 Å². The first-order valence-electron chi connectivity index (χ1n) is 5.05. The highest BCUT2D eigenvalue weighted by Gasteiger charge is 2.70. The third-order valence-corrected chi connectivity index (χ3v) is 3.54. The van der Waals surface area contributed by atoms with Crippen molar-refractivity contribution in [1.29, 1.82) is 0 Å². The van der Waals surface area contributed by atoms with Crippen LogP contribution in [0.1, 0.15) is 39.5 Å². The Morgan fingerprint density at radius 1 is 0.688 bits per heavy atom. The smallest absolute Gasteiger partial charge is 0.170 e. The van der Waals surface area contributed by atoms with Crippen LogP contribution in [0.4, 0.5) is 26.3 Å². The number of alkyl halides is 6. The average Bonchev–Trinajstić information content (AvgIpc) is 1.98. The molecule has 1 aliphatic carbocycles. The monoisotopic (exact) mass is 248 g/mol. The average molecular weight is 248 g/mol. The van der Waals surface area contributed by atoms with E-state index in [0.717, 1.165) is 0 Å². The van der Waals surface area contributed by atoms with Crippen molar-refractivity contribution < 1.29 is 26.3 Å². The van der Waals surface area contributed by atoms with Gasteiger partial charge in [0.25, 0.3) is 0 Å². The second-order valence-electron chi connectivity index (χ2n) is 5.24. The fourth-order valence-corrected chi connectivity index (χ4v) is 2.08. The lowest BCUT2D eigenvalue weighted by atomic mass is 9.64. The van der Waals surface area contributed by atoms with Gasteiger partial charge in [-0.3, -0.25) is 0 Å². The van der Waals surface area contributed by atoms with Gasteiger partial charge < -0.3 is 0 Å². The van der Waals surface area contributed by atoms with Crippen molar-refractivity contribution >= 4 is 0 Å². The molecule has 0 bridgehead atoms. The molecule has 0 aromatic heterocycles. The van der Waals surface area contributed by atoms with Crippen molar-refractivity contribution in [3.8, 4) is 0 Å². The Kier molecular flexibility index (Phi) is 3.01. The van der Waals surface area contributed by atoms with Gasteiger partial charge in [-0.15, -0.1) is 0 Å². The van der Waals surface area contributed by atoms with Crippen LogP contribution in [-0.4, -0.2) is 12.4 Å². The summed E-state index contributed by atoms with van der Waals surface area (Å²) in [4.78, 5) is 0. The van der Waals surface area contributed by atoms with Gasteiger partial charge in [0, 0.05) is 0 Å². The molecular formula is C10H14F6. The van der Waals surface area contributed by atoms with Crippen LogP contribution >= 0.6 is 0 Å². The van der Waals surface area contributed by atoms with Crippen molar-refractivity contribution in [2.24, 2.45) is 10.8 Å². The second-order valence-corrected chi connectivity index (χ2v) is 5.24. The van der Waals surface area contributed by atoms with Crippen LogP contribution in [0.25, 0.3) is 0 Å². The second kappa shape index (κ2) is 3.53. The maximum absolute atomic E-state index is 12.6. The molecule has 0 aromatic carbocycles. The fourth-order valence-electron chi connectivity index (χ4n) is 2.08. The SMILES string of the molecule is CC1(C)CCC(C(F)(F)F)(C(F)(F)F)CC1. The minimum Gasteiger partial charge on any atom is -0.170 e. The molecule has 0 amide bonds. The Labute approximate surface area is 90.0 Å². The Morgan fingerprint density at radius 3 is 1.25 bits per heavy atom. The molecule has 16 heavy (non-hydrogen) atoms. The van der Waals surface area contributed by atoms with E-state index < -0.39 is 36.0 Å². The van der Waals surface area contributed by atoms with Crippen molar-refractivity contribution in [2.45, 2.75) is 51.9 Å². The van der Waals surface area contributed by atoms with Crippen LogP contribution in [0.5, 0.6) is 0 Å². The summed E-state index contributed by atoms with van der Waals surface area (Å²) < 4.78 is 75.7. The maximum Gasteiger partial charge on any atom is 0.403 e. The maximum atomic E-state index is 12.6. The van der Waals surface area contributed by atoms with E-state index in [1.54, 1.807) is 13.8 Å². The first-order valence-corrected chi connectivity index (χ1v) is 5.05. The zero-order valence-electron chi connectivity index (χ0n) is 9.10.